The molecule has 0 atom stereocenters. The highest BCUT2D eigenvalue weighted by Crippen LogP contribution is 2.25. The third-order valence-electron chi connectivity index (χ3n) is 3.79. The van der Waals surface area contributed by atoms with Crippen molar-refractivity contribution in [1.82, 2.24) is 4.57 Å². The molecular formula is C18H14FN3O. The summed E-state index contributed by atoms with van der Waals surface area (Å²) in [5, 5.41) is 12.7. The highest BCUT2D eigenvalue weighted by atomic mass is 19.1. The number of nitriles is 1. The Bertz CT molecular complexity index is 937. The standard InChI is InChI=1S/C18H14FN3O/c1-12-14(10-20)13-6-2-5-9-17(13)22(12)11-18(23)21-16-8-4-3-7-15(16)19/h2-9H,11H2,1H3,(H,21,23). The summed E-state index contributed by atoms with van der Waals surface area (Å²) in [7, 11) is 0. The van der Waals surface area contributed by atoms with Crippen LogP contribution in [0.4, 0.5) is 10.1 Å². The van der Waals surface area contributed by atoms with E-state index in [0.29, 0.717) is 5.56 Å². The van der Waals surface area contributed by atoms with Gasteiger partial charge in [0.2, 0.25) is 5.91 Å². The first-order valence-corrected chi connectivity index (χ1v) is 7.14. The maximum absolute atomic E-state index is 13.6. The summed E-state index contributed by atoms with van der Waals surface area (Å²) in [5.41, 5.74) is 2.23. The van der Waals surface area contributed by atoms with Crippen molar-refractivity contribution in [3.8, 4) is 6.07 Å². The Kier molecular flexibility index (Phi) is 3.82. The zero-order chi connectivity index (χ0) is 16.4. The predicted molar refractivity (Wildman–Crippen MR) is 86.4 cm³/mol. The second-order valence-corrected chi connectivity index (χ2v) is 5.20. The lowest BCUT2D eigenvalue weighted by Crippen LogP contribution is -2.20. The normalized spacial score (nSPS) is 10.5. The molecule has 0 fully saturated rings. The van der Waals surface area contributed by atoms with Crippen molar-refractivity contribution in [3.05, 3.63) is 65.6 Å². The molecule has 4 nitrogen and oxygen atoms in total. The number of carbonyl (C=O) groups is 1. The van der Waals surface area contributed by atoms with Gasteiger partial charge in [-0.3, -0.25) is 4.79 Å². The van der Waals surface area contributed by atoms with Crippen LogP contribution in [0.3, 0.4) is 0 Å². The minimum atomic E-state index is -0.479. The van der Waals surface area contributed by atoms with E-state index in [2.05, 4.69) is 11.4 Å². The van der Waals surface area contributed by atoms with Crippen molar-refractivity contribution in [2.45, 2.75) is 13.5 Å². The van der Waals surface area contributed by atoms with Crippen LogP contribution in [0.15, 0.2) is 48.5 Å². The van der Waals surface area contributed by atoms with E-state index in [1.165, 1.54) is 12.1 Å². The summed E-state index contributed by atoms with van der Waals surface area (Å²) in [5.74, 6) is -0.823. The Morgan fingerprint density at radius 2 is 1.91 bits per heavy atom. The minimum absolute atomic E-state index is 0.0162. The number of nitrogens with zero attached hydrogens (tertiary/aromatic N) is 2. The van der Waals surface area contributed by atoms with Crippen LogP contribution in [0.25, 0.3) is 10.9 Å². The van der Waals surface area contributed by atoms with Gasteiger partial charge >= 0.3 is 0 Å². The van der Waals surface area contributed by atoms with Crippen molar-refractivity contribution in [2.24, 2.45) is 0 Å². The molecule has 0 aliphatic rings. The van der Waals surface area contributed by atoms with Gasteiger partial charge in [0.25, 0.3) is 0 Å². The summed E-state index contributed by atoms with van der Waals surface area (Å²) in [4.78, 5) is 12.2. The summed E-state index contributed by atoms with van der Waals surface area (Å²) < 4.78 is 15.4. The molecular weight excluding hydrogens is 293 g/mol. The molecule has 0 spiro atoms. The van der Waals surface area contributed by atoms with Gasteiger partial charge < -0.3 is 9.88 Å². The zero-order valence-electron chi connectivity index (χ0n) is 12.5. The number of anilines is 1. The molecule has 0 aliphatic heterocycles. The average Bonchev–Trinajstić information content (AvgIpc) is 2.81. The summed E-state index contributed by atoms with van der Waals surface area (Å²) >= 11 is 0. The van der Waals surface area contributed by atoms with E-state index < -0.39 is 5.82 Å². The van der Waals surface area contributed by atoms with E-state index >= 15 is 0 Å². The molecule has 114 valence electrons. The third kappa shape index (κ3) is 2.67. The second-order valence-electron chi connectivity index (χ2n) is 5.20. The number of nitrogens with one attached hydrogen (secondary N) is 1. The van der Waals surface area contributed by atoms with Gasteiger partial charge in [0.15, 0.2) is 0 Å². The van der Waals surface area contributed by atoms with Gasteiger partial charge in [-0.2, -0.15) is 5.26 Å². The first kappa shape index (κ1) is 14.8. The van der Waals surface area contributed by atoms with Crippen LogP contribution in [0.1, 0.15) is 11.3 Å². The molecule has 1 N–H and O–H groups in total. The molecule has 0 saturated heterocycles. The number of halogens is 1. The van der Waals surface area contributed by atoms with Gasteiger partial charge in [-0.05, 0) is 25.1 Å². The van der Waals surface area contributed by atoms with E-state index in [0.717, 1.165) is 16.6 Å². The van der Waals surface area contributed by atoms with Crippen molar-refractivity contribution >= 4 is 22.5 Å². The zero-order valence-corrected chi connectivity index (χ0v) is 12.5. The van der Waals surface area contributed by atoms with Gasteiger partial charge in [-0.15, -0.1) is 0 Å². The summed E-state index contributed by atoms with van der Waals surface area (Å²) in [6.45, 7) is 1.82. The Labute approximate surface area is 132 Å². The molecule has 1 aromatic heterocycles. The van der Waals surface area contributed by atoms with Crippen LogP contribution in [-0.4, -0.2) is 10.5 Å². The monoisotopic (exact) mass is 307 g/mol. The maximum atomic E-state index is 13.6. The SMILES string of the molecule is Cc1c(C#N)c2ccccc2n1CC(=O)Nc1ccccc1F. The lowest BCUT2D eigenvalue weighted by atomic mass is 10.1. The van der Waals surface area contributed by atoms with E-state index in [1.54, 1.807) is 23.6 Å². The van der Waals surface area contributed by atoms with Crippen LogP contribution >= 0.6 is 0 Å². The number of amides is 1. The molecule has 0 radical (unpaired) electrons. The van der Waals surface area contributed by atoms with Crippen LogP contribution in [-0.2, 0) is 11.3 Å². The number of rotatable bonds is 3. The lowest BCUT2D eigenvalue weighted by molar-refractivity contribution is -0.116. The van der Waals surface area contributed by atoms with Gasteiger partial charge in [0, 0.05) is 11.1 Å². The molecule has 5 heteroatoms. The van der Waals surface area contributed by atoms with E-state index in [4.69, 9.17) is 0 Å². The summed E-state index contributed by atoms with van der Waals surface area (Å²) in [6.07, 6.45) is 0. The molecule has 1 heterocycles. The molecule has 3 rings (SSSR count). The number of hydrogen-bond donors (Lipinski definition) is 1. The third-order valence-corrected chi connectivity index (χ3v) is 3.79. The summed E-state index contributed by atoms with van der Waals surface area (Å²) in [6, 6.07) is 15.6. The Morgan fingerprint density at radius 1 is 1.22 bits per heavy atom. The van der Waals surface area contributed by atoms with Crippen molar-refractivity contribution in [3.63, 3.8) is 0 Å². The number of fused-ring (bicyclic) bond motifs is 1. The topological polar surface area (TPSA) is 57.8 Å². The molecule has 0 unspecified atom stereocenters. The number of hydrogen-bond acceptors (Lipinski definition) is 2. The smallest absolute Gasteiger partial charge is 0.244 e. The van der Waals surface area contributed by atoms with Crippen LogP contribution in [0.5, 0.6) is 0 Å². The molecule has 1 amide bonds. The Morgan fingerprint density at radius 3 is 2.65 bits per heavy atom. The minimum Gasteiger partial charge on any atom is -0.334 e. The van der Waals surface area contributed by atoms with Crippen LogP contribution in [0.2, 0.25) is 0 Å². The second kappa shape index (κ2) is 5.93. The fourth-order valence-electron chi connectivity index (χ4n) is 2.67. The highest BCUT2D eigenvalue weighted by molar-refractivity contribution is 5.94. The molecule has 0 bridgehead atoms. The molecule has 2 aromatic carbocycles. The van der Waals surface area contributed by atoms with Crippen LogP contribution in [0, 0.1) is 24.1 Å². The van der Waals surface area contributed by atoms with Gasteiger partial charge in [-0.25, -0.2) is 4.39 Å². The Balaban J connectivity index is 1.93. The molecule has 3 aromatic rings. The quantitative estimate of drug-likeness (QED) is 0.803. The molecule has 23 heavy (non-hydrogen) atoms. The molecule has 0 saturated carbocycles. The largest absolute Gasteiger partial charge is 0.334 e. The number of carbonyl (C=O) groups excluding carboxylic acids is 1. The Hall–Kier alpha value is -3.13. The first-order valence-electron chi connectivity index (χ1n) is 7.14. The van der Waals surface area contributed by atoms with E-state index in [9.17, 15) is 14.4 Å². The number of benzene rings is 2. The maximum Gasteiger partial charge on any atom is 0.244 e. The lowest BCUT2D eigenvalue weighted by Gasteiger charge is -2.10. The van der Waals surface area contributed by atoms with Gasteiger partial charge in [-0.1, -0.05) is 30.3 Å². The van der Waals surface area contributed by atoms with Crippen LogP contribution < -0.4 is 5.32 Å². The van der Waals surface area contributed by atoms with Gasteiger partial charge in [0.1, 0.15) is 18.4 Å². The van der Waals surface area contributed by atoms with Crippen molar-refractivity contribution in [1.29, 1.82) is 5.26 Å². The fraction of sp³-hybridized carbons (Fsp3) is 0.111. The number of para-hydroxylation sites is 2. The predicted octanol–water partition coefficient (Wildman–Crippen LogP) is 3.60. The molecule has 0 aliphatic carbocycles. The van der Waals surface area contributed by atoms with Gasteiger partial charge in [0.05, 0.1) is 16.8 Å². The fourth-order valence-corrected chi connectivity index (χ4v) is 2.67. The van der Waals surface area contributed by atoms with E-state index in [1.807, 2.05) is 24.3 Å². The van der Waals surface area contributed by atoms with E-state index in [-0.39, 0.29) is 18.1 Å². The highest BCUT2D eigenvalue weighted by Gasteiger charge is 2.16. The first-order chi connectivity index (χ1) is 11.1. The van der Waals surface area contributed by atoms with Crippen molar-refractivity contribution < 1.29 is 9.18 Å². The van der Waals surface area contributed by atoms with Crippen molar-refractivity contribution in [2.75, 3.05) is 5.32 Å². The average molecular weight is 307 g/mol. The number of aromatic nitrogens is 1.